The molecule has 0 bridgehead atoms. The van der Waals surface area contributed by atoms with Crippen molar-refractivity contribution in [1.29, 1.82) is 5.53 Å². The zero-order valence-electron chi connectivity index (χ0n) is 15.4. The van der Waals surface area contributed by atoms with E-state index in [0.29, 0.717) is 23.4 Å². The molecule has 0 unspecified atom stereocenters. The highest BCUT2D eigenvalue weighted by atomic mass is 19.1. The second-order valence-electron chi connectivity index (χ2n) is 6.66. The van der Waals surface area contributed by atoms with Crippen molar-refractivity contribution in [1.82, 2.24) is 20.3 Å². The van der Waals surface area contributed by atoms with Crippen LogP contribution in [0.2, 0.25) is 0 Å². The Bertz CT molecular complexity index is 1060. The lowest BCUT2D eigenvalue weighted by Gasteiger charge is -2.17. The van der Waals surface area contributed by atoms with E-state index >= 15 is 0 Å². The van der Waals surface area contributed by atoms with Crippen LogP contribution in [0.3, 0.4) is 0 Å². The third-order valence-corrected chi connectivity index (χ3v) is 4.01. The third-order valence-electron chi connectivity index (χ3n) is 4.01. The molecule has 0 aliphatic heterocycles. The molecule has 1 aromatic carbocycles. The summed E-state index contributed by atoms with van der Waals surface area (Å²) in [5, 5.41) is 16.7. The molecule has 3 rings (SSSR count). The third kappa shape index (κ3) is 4.09. The van der Waals surface area contributed by atoms with Crippen molar-refractivity contribution in [2.75, 3.05) is 5.73 Å². The van der Waals surface area contributed by atoms with Crippen molar-refractivity contribution in [3.63, 3.8) is 0 Å². The summed E-state index contributed by atoms with van der Waals surface area (Å²) < 4.78 is 14.3. The fourth-order valence-electron chi connectivity index (χ4n) is 2.67. The molecule has 2 aromatic heterocycles. The Balaban J connectivity index is 1.90. The van der Waals surface area contributed by atoms with Crippen LogP contribution in [0.4, 0.5) is 10.3 Å². The van der Waals surface area contributed by atoms with Crippen LogP contribution in [-0.2, 0) is 12.1 Å². The summed E-state index contributed by atoms with van der Waals surface area (Å²) in [7, 11) is 0. The number of nitrogens with zero attached hydrogens (tertiary/aromatic N) is 4. The summed E-state index contributed by atoms with van der Waals surface area (Å²) in [6.45, 7) is 3.62. The Labute approximate surface area is 160 Å². The van der Waals surface area contributed by atoms with Gasteiger partial charge in [-0.25, -0.2) is 19.9 Å². The minimum absolute atomic E-state index is 0.0396. The summed E-state index contributed by atoms with van der Waals surface area (Å²) in [5.41, 5.74) is 13.9. The van der Waals surface area contributed by atoms with Crippen LogP contribution in [0, 0.1) is 11.3 Å². The van der Waals surface area contributed by atoms with E-state index < -0.39 is 11.4 Å². The van der Waals surface area contributed by atoms with Crippen LogP contribution in [0.1, 0.15) is 30.9 Å². The van der Waals surface area contributed by atoms with Crippen LogP contribution in [-0.4, -0.2) is 20.1 Å². The molecular weight excluding hydrogens is 361 g/mol. The van der Waals surface area contributed by atoms with Crippen molar-refractivity contribution >= 4 is 22.5 Å². The first-order valence-corrected chi connectivity index (χ1v) is 8.51. The van der Waals surface area contributed by atoms with Crippen LogP contribution in [0.5, 0.6) is 0 Å². The average molecular weight is 381 g/mol. The highest BCUT2D eigenvalue weighted by Gasteiger charge is 2.18. The van der Waals surface area contributed by atoms with Gasteiger partial charge < -0.3 is 16.2 Å². The molecule has 0 fully saturated rings. The number of anilines is 1. The first-order chi connectivity index (χ1) is 13.3. The second-order valence-corrected chi connectivity index (χ2v) is 6.66. The molecule has 0 aliphatic rings. The molecule has 28 heavy (non-hydrogen) atoms. The largest absolute Gasteiger partial charge is 0.384 e. The number of nitrogens with one attached hydrogen (secondary N) is 2. The van der Waals surface area contributed by atoms with Crippen molar-refractivity contribution < 1.29 is 9.50 Å². The zero-order chi connectivity index (χ0) is 20.3. The maximum atomic E-state index is 14.3. The van der Waals surface area contributed by atoms with Gasteiger partial charge in [0.2, 0.25) is 5.95 Å². The van der Waals surface area contributed by atoms with Gasteiger partial charge in [0.15, 0.2) is 0 Å². The molecule has 0 atom stereocenters. The summed E-state index contributed by atoms with van der Waals surface area (Å²) in [4.78, 5) is 12.5. The van der Waals surface area contributed by atoms with E-state index in [0.717, 1.165) is 0 Å². The normalized spacial score (nSPS) is 12.2. The van der Waals surface area contributed by atoms with E-state index in [9.17, 15) is 9.50 Å². The summed E-state index contributed by atoms with van der Waals surface area (Å²) >= 11 is 0. The number of hydrogen-bond acceptors (Lipinski definition) is 8. The molecule has 0 spiro atoms. The van der Waals surface area contributed by atoms with Gasteiger partial charge in [-0.1, -0.05) is 12.1 Å². The highest BCUT2D eigenvalue weighted by Crippen LogP contribution is 2.26. The van der Waals surface area contributed by atoms with Gasteiger partial charge in [-0.2, -0.15) is 5.11 Å². The fourth-order valence-corrected chi connectivity index (χ4v) is 2.67. The first-order valence-electron chi connectivity index (χ1n) is 8.51. The first kappa shape index (κ1) is 19.3. The van der Waals surface area contributed by atoms with Crippen LogP contribution >= 0.6 is 0 Å². The number of aliphatic hydroxyl groups is 1. The number of benzene rings is 1. The fraction of sp³-hybridized carbons (Fsp3) is 0.211. The molecule has 3 aromatic rings. The Morgan fingerprint density at radius 1 is 1.25 bits per heavy atom. The Morgan fingerprint density at radius 2 is 2.00 bits per heavy atom. The van der Waals surface area contributed by atoms with Gasteiger partial charge in [-0.3, -0.25) is 4.98 Å². The Morgan fingerprint density at radius 3 is 2.71 bits per heavy atom. The summed E-state index contributed by atoms with van der Waals surface area (Å²) in [6, 6.07) is 9.75. The van der Waals surface area contributed by atoms with Gasteiger partial charge in [-0.05, 0) is 38.1 Å². The molecule has 0 amide bonds. The highest BCUT2D eigenvalue weighted by molar-refractivity contribution is 5.90. The molecule has 9 heteroatoms. The van der Waals surface area contributed by atoms with Gasteiger partial charge >= 0.3 is 0 Å². The van der Waals surface area contributed by atoms with Crippen molar-refractivity contribution in [3.8, 4) is 0 Å². The van der Waals surface area contributed by atoms with E-state index in [1.165, 1.54) is 18.3 Å². The number of fused-ring (bicyclic) bond motifs is 1. The molecule has 8 nitrogen and oxygen atoms in total. The van der Waals surface area contributed by atoms with Crippen molar-refractivity contribution in [2.24, 2.45) is 5.11 Å². The van der Waals surface area contributed by atoms with Gasteiger partial charge in [-0.15, -0.1) is 0 Å². The molecule has 0 saturated carbocycles. The second kappa shape index (κ2) is 7.65. The standard InChI is InChI=1S/C19H20FN7O/c1-19(2,28)15-8-3-5-11(24-15)9-23-10-14(27-22)17-16-12(20)6-4-7-13(16)25-18(21)26-17/h3-8,10,22-23,28H,9H2,1-2H3,(H2,21,25,26)/b14-10-,27-22?. The lowest BCUT2D eigenvalue weighted by molar-refractivity contribution is 0.0736. The van der Waals surface area contributed by atoms with Gasteiger partial charge in [0.1, 0.15) is 22.8 Å². The number of aromatic nitrogens is 3. The minimum Gasteiger partial charge on any atom is -0.384 e. The molecule has 2 heterocycles. The number of pyridine rings is 1. The maximum absolute atomic E-state index is 14.3. The van der Waals surface area contributed by atoms with E-state index in [-0.39, 0.29) is 22.7 Å². The quantitative estimate of drug-likeness (QED) is 0.485. The van der Waals surface area contributed by atoms with E-state index in [4.69, 9.17) is 11.3 Å². The molecule has 0 radical (unpaired) electrons. The molecule has 144 valence electrons. The maximum Gasteiger partial charge on any atom is 0.221 e. The number of hydrogen-bond donors (Lipinski definition) is 4. The SMILES string of the molecule is CC(C)(O)c1cccc(CN/C=C(\N=N)c2nc(N)nc3cccc(F)c23)n1. The van der Waals surface area contributed by atoms with Crippen molar-refractivity contribution in [3.05, 3.63) is 65.5 Å². The summed E-state index contributed by atoms with van der Waals surface area (Å²) in [5.74, 6) is -0.566. The van der Waals surface area contributed by atoms with E-state index in [1.54, 1.807) is 38.1 Å². The Hall–Kier alpha value is -3.46. The predicted molar refractivity (Wildman–Crippen MR) is 103 cm³/mol. The number of nitrogens with two attached hydrogens (primary N) is 1. The molecular formula is C19H20FN7O. The lowest BCUT2D eigenvalue weighted by Crippen LogP contribution is -2.19. The van der Waals surface area contributed by atoms with Crippen LogP contribution in [0.25, 0.3) is 16.6 Å². The van der Waals surface area contributed by atoms with Crippen LogP contribution in [0.15, 0.2) is 47.7 Å². The van der Waals surface area contributed by atoms with E-state index in [1.807, 2.05) is 0 Å². The average Bonchev–Trinajstić information content (AvgIpc) is 2.64. The summed E-state index contributed by atoms with van der Waals surface area (Å²) in [6.07, 6.45) is 1.44. The van der Waals surface area contributed by atoms with Crippen molar-refractivity contribution in [2.45, 2.75) is 26.0 Å². The smallest absolute Gasteiger partial charge is 0.221 e. The topological polar surface area (TPSA) is 133 Å². The monoisotopic (exact) mass is 381 g/mol. The molecule has 5 N–H and O–H groups in total. The van der Waals surface area contributed by atoms with Gasteiger partial charge in [0, 0.05) is 6.20 Å². The molecule has 0 aliphatic carbocycles. The number of halogens is 1. The predicted octanol–water partition coefficient (Wildman–Crippen LogP) is 3.09. The molecule has 0 saturated heterocycles. The van der Waals surface area contributed by atoms with Gasteiger partial charge in [0.05, 0.1) is 28.8 Å². The number of rotatable bonds is 6. The van der Waals surface area contributed by atoms with E-state index in [2.05, 4.69) is 25.4 Å². The zero-order valence-corrected chi connectivity index (χ0v) is 15.4. The Kier molecular flexibility index (Phi) is 5.27. The van der Waals surface area contributed by atoms with Gasteiger partial charge in [0.25, 0.3) is 0 Å². The number of nitrogen functional groups attached to an aromatic ring is 1. The lowest BCUT2D eigenvalue weighted by atomic mass is 10.0. The van der Waals surface area contributed by atoms with Crippen LogP contribution < -0.4 is 11.1 Å². The minimum atomic E-state index is -1.05.